The molecule has 0 aromatic heterocycles. The number of halogens is 1. The van der Waals surface area contributed by atoms with Gasteiger partial charge in [-0.15, -0.1) is 0 Å². The number of nitrogens with one attached hydrogen (secondary N) is 1. The monoisotopic (exact) mass is 617 g/mol. The van der Waals surface area contributed by atoms with Gasteiger partial charge < -0.3 is 54.5 Å². The summed E-state index contributed by atoms with van der Waals surface area (Å²) in [7, 11) is 0. The molecule has 2 aromatic carbocycles. The molecule has 3 aliphatic rings. The molecule has 12 nitrogen and oxygen atoms in total. The molecule has 0 unspecified atom stereocenters. The third-order valence-electron chi connectivity index (χ3n) is 7.87. The highest BCUT2D eigenvalue weighted by Crippen LogP contribution is 2.34. The molecule has 6 N–H and O–H groups in total. The summed E-state index contributed by atoms with van der Waals surface area (Å²) in [5.41, 5.74) is 1.36. The first kappa shape index (κ1) is 31.9. The summed E-state index contributed by atoms with van der Waals surface area (Å²) < 4.78 is 41.0. The number of aliphatic hydroxyl groups is 4. The lowest BCUT2D eigenvalue weighted by Crippen LogP contribution is -2.67. The Kier molecular flexibility index (Phi) is 9.85. The van der Waals surface area contributed by atoms with Crippen molar-refractivity contribution in [1.29, 1.82) is 0 Å². The number of aliphatic hydroxyl groups excluding tert-OH is 4. The summed E-state index contributed by atoms with van der Waals surface area (Å²) in [5.74, 6) is -0.760. The molecule has 2 heterocycles. The molecule has 2 aliphatic heterocycles. The molecule has 44 heavy (non-hydrogen) atoms. The van der Waals surface area contributed by atoms with Crippen molar-refractivity contribution in [1.82, 2.24) is 5.32 Å². The number of benzene rings is 2. The number of ether oxygens (including phenoxy) is 5. The molecular formula is C31H36FNO11. The van der Waals surface area contributed by atoms with Crippen LogP contribution in [0.4, 0.5) is 4.39 Å². The first-order valence-electron chi connectivity index (χ1n) is 14.2. The lowest BCUT2D eigenvalue weighted by molar-refractivity contribution is -0.155. The van der Waals surface area contributed by atoms with Crippen LogP contribution in [0.25, 0.3) is 6.08 Å². The van der Waals surface area contributed by atoms with Gasteiger partial charge in [0.25, 0.3) is 0 Å². The fraction of sp³-hybridized carbons (Fsp3) is 0.452. The van der Waals surface area contributed by atoms with Crippen LogP contribution >= 0.6 is 0 Å². The van der Waals surface area contributed by atoms with Crippen molar-refractivity contribution in [3.8, 4) is 17.2 Å². The van der Waals surface area contributed by atoms with Crippen molar-refractivity contribution in [2.45, 2.75) is 75.3 Å². The van der Waals surface area contributed by atoms with E-state index in [1.807, 2.05) is 0 Å². The maximum absolute atomic E-state index is 13.3. The minimum Gasteiger partial charge on any atom is -0.504 e. The molecule has 2 aromatic rings. The largest absolute Gasteiger partial charge is 0.504 e. The van der Waals surface area contributed by atoms with Crippen LogP contribution in [0, 0.1) is 5.82 Å². The van der Waals surface area contributed by atoms with Gasteiger partial charge in [0.1, 0.15) is 61.6 Å². The molecule has 2 saturated heterocycles. The Morgan fingerprint density at radius 2 is 1.80 bits per heavy atom. The molecule has 0 bridgehead atoms. The van der Waals surface area contributed by atoms with Gasteiger partial charge in [-0.05, 0) is 61.4 Å². The molecule has 9 atom stereocenters. The van der Waals surface area contributed by atoms with Gasteiger partial charge in [-0.25, -0.2) is 4.39 Å². The smallest absolute Gasteiger partial charge is 0.247 e. The Morgan fingerprint density at radius 3 is 2.52 bits per heavy atom. The third-order valence-corrected chi connectivity index (χ3v) is 7.87. The topological polar surface area (TPSA) is 176 Å². The highest BCUT2D eigenvalue weighted by atomic mass is 19.1. The quantitative estimate of drug-likeness (QED) is 0.176. The Hall–Kier alpha value is -3.56. The van der Waals surface area contributed by atoms with Gasteiger partial charge in [-0.1, -0.05) is 12.1 Å². The lowest BCUT2D eigenvalue weighted by Gasteiger charge is -2.41. The molecule has 5 rings (SSSR count). The number of phenols is 1. The van der Waals surface area contributed by atoms with Crippen molar-refractivity contribution in [3.05, 3.63) is 71.1 Å². The van der Waals surface area contributed by atoms with Gasteiger partial charge in [0.2, 0.25) is 12.2 Å². The van der Waals surface area contributed by atoms with E-state index in [2.05, 4.69) is 5.32 Å². The second-order valence-electron chi connectivity index (χ2n) is 11.0. The number of aromatic hydroxyl groups is 1. The Balaban J connectivity index is 1.15. The molecule has 1 saturated carbocycles. The minimum absolute atomic E-state index is 0.106. The predicted molar refractivity (Wildman–Crippen MR) is 152 cm³/mol. The van der Waals surface area contributed by atoms with Crippen LogP contribution in [0.5, 0.6) is 17.2 Å². The molecule has 1 amide bonds. The van der Waals surface area contributed by atoms with Crippen molar-refractivity contribution in [2.24, 2.45) is 0 Å². The number of carbonyl (C=O) groups excluding carboxylic acids is 1. The van der Waals surface area contributed by atoms with E-state index >= 15 is 0 Å². The summed E-state index contributed by atoms with van der Waals surface area (Å²) in [4.78, 5) is 12.8. The fourth-order valence-corrected chi connectivity index (χ4v) is 5.46. The zero-order valence-corrected chi connectivity index (χ0v) is 24.1. The highest BCUT2D eigenvalue weighted by molar-refractivity contribution is 5.97. The van der Waals surface area contributed by atoms with Crippen LogP contribution < -0.4 is 14.8 Å². The molecule has 13 heteroatoms. The summed E-state index contributed by atoms with van der Waals surface area (Å²) in [6, 6.07) is 9.05. The highest BCUT2D eigenvalue weighted by Gasteiger charge is 2.53. The normalized spacial score (nSPS) is 32.3. The van der Waals surface area contributed by atoms with Crippen LogP contribution in [0.3, 0.4) is 0 Å². The van der Waals surface area contributed by atoms with Crippen LogP contribution in [-0.2, 0) is 19.0 Å². The van der Waals surface area contributed by atoms with E-state index in [9.17, 15) is 34.7 Å². The van der Waals surface area contributed by atoms with Crippen LogP contribution in [0.2, 0.25) is 0 Å². The predicted octanol–water partition coefficient (Wildman–Crippen LogP) is 1.14. The second kappa shape index (κ2) is 13.6. The Labute approximate surface area is 252 Å². The van der Waals surface area contributed by atoms with Gasteiger partial charge in [0, 0.05) is 18.1 Å². The van der Waals surface area contributed by atoms with Crippen molar-refractivity contribution in [3.63, 3.8) is 0 Å². The zero-order valence-electron chi connectivity index (χ0n) is 24.1. The number of amides is 1. The minimum atomic E-state index is -1.48. The number of fused-ring (bicyclic) bond motifs is 1. The van der Waals surface area contributed by atoms with Crippen molar-refractivity contribution in [2.75, 3.05) is 13.4 Å². The third kappa shape index (κ3) is 7.05. The van der Waals surface area contributed by atoms with Crippen LogP contribution in [0.1, 0.15) is 25.8 Å². The van der Waals surface area contributed by atoms with Gasteiger partial charge in [-0.3, -0.25) is 4.79 Å². The number of carbonyl (C=O) groups is 1. The lowest BCUT2D eigenvalue weighted by atomic mass is 9.83. The SMILES string of the molecule is CC(=Cc1ccc(O[C@H]2C[C@H](O)[C@@H](C(C)=CCOc3cccc(F)c3)O2)c(O)c1)C(=O)N[C@@H]1[C@H](O)[C@H](O)[C@H]2OCO[C@H]2[C@@H]1O. The van der Waals surface area contributed by atoms with Crippen LogP contribution in [-0.4, -0.2) is 99.9 Å². The van der Waals surface area contributed by atoms with Crippen molar-refractivity contribution < 1.29 is 58.4 Å². The van der Waals surface area contributed by atoms with Gasteiger partial charge in [0.15, 0.2) is 11.5 Å². The number of rotatable bonds is 9. The standard InChI is InChI=1S/C31H36FNO11/c1-15(8-9-40-19-5-3-4-18(32)12-19)28-21(35)13-23(44-28)43-22-7-6-17(11-20(22)34)10-16(2)31(39)33-24-25(36)27(38)30-29(26(24)37)41-14-42-30/h3-8,10-12,21,23-30,34-38H,9,13-14H2,1-2H3,(H,33,39)/t21-,23+,24+,25-,26+,27-,28+,29-,30+/m0/s1. The molecular weight excluding hydrogens is 581 g/mol. The Bertz CT molecular complexity index is 1400. The number of hydrogen-bond donors (Lipinski definition) is 6. The van der Waals surface area contributed by atoms with E-state index in [4.69, 9.17) is 23.7 Å². The van der Waals surface area contributed by atoms with E-state index in [0.29, 0.717) is 16.9 Å². The van der Waals surface area contributed by atoms with Crippen molar-refractivity contribution >= 4 is 12.0 Å². The van der Waals surface area contributed by atoms with E-state index in [-0.39, 0.29) is 36.9 Å². The molecule has 1 aliphatic carbocycles. The van der Waals surface area contributed by atoms with Gasteiger partial charge >= 0.3 is 0 Å². The first-order valence-corrected chi connectivity index (χ1v) is 14.2. The molecule has 0 spiro atoms. The summed E-state index contributed by atoms with van der Waals surface area (Å²) in [5, 5.41) is 55.0. The number of hydrogen-bond acceptors (Lipinski definition) is 11. The van der Waals surface area contributed by atoms with E-state index in [1.165, 1.54) is 37.3 Å². The fourth-order valence-electron chi connectivity index (χ4n) is 5.46. The van der Waals surface area contributed by atoms with Gasteiger partial charge in [0.05, 0.1) is 12.1 Å². The summed E-state index contributed by atoms with van der Waals surface area (Å²) in [6.07, 6.45) is -4.95. The van der Waals surface area contributed by atoms with E-state index in [0.717, 1.165) is 0 Å². The number of phenolic OH excluding ortho intramolecular Hbond substituents is 1. The maximum Gasteiger partial charge on any atom is 0.247 e. The van der Waals surface area contributed by atoms with Gasteiger partial charge in [-0.2, -0.15) is 0 Å². The van der Waals surface area contributed by atoms with E-state index < -0.39 is 66.8 Å². The summed E-state index contributed by atoms with van der Waals surface area (Å²) >= 11 is 0. The van der Waals surface area contributed by atoms with Crippen LogP contribution in [0.15, 0.2) is 59.7 Å². The first-order chi connectivity index (χ1) is 21.0. The summed E-state index contributed by atoms with van der Waals surface area (Å²) in [6.45, 7) is 3.29. The zero-order chi connectivity index (χ0) is 31.5. The average Bonchev–Trinajstić information content (AvgIpc) is 3.62. The molecule has 238 valence electrons. The second-order valence-corrected chi connectivity index (χ2v) is 11.0. The van der Waals surface area contributed by atoms with E-state index in [1.54, 1.807) is 31.2 Å². The Morgan fingerprint density at radius 1 is 1.05 bits per heavy atom. The maximum atomic E-state index is 13.3. The molecule has 3 fully saturated rings. The average molecular weight is 618 g/mol. The molecule has 0 radical (unpaired) electrons.